The molecule has 0 aliphatic heterocycles. The molecule has 3 heterocycles. The molecule has 0 saturated heterocycles. The van der Waals surface area contributed by atoms with E-state index in [1.807, 2.05) is 123 Å². The Hall–Kier alpha value is -9.71. The Morgan fingerprint density at radius 1 is 0.500 bits per heavy atom. The van der Waals surface area contributed by atoms with Gasteiger partial charge in [-0.25, -0.2) is 4.98 Å². The van der Waals surface area contributed by atoms with Crippen molar-refractivity contribution in [3.05, 3.63) is 197 Å². The van der Waals surface area contributed by atoms with Gasteiger partial charge in [-0.05, 0) is 146 Å². The topological polar surface area (TPSA) is 264 Å². The summed E-state index contributed by atoms with van der Waals surface area (Å²) in [7, 11) is 0. The van der Waals surface area contributed by atoms with Crippen molar-refractivity contribution in [2.24, 2.45) is 16.2 Å². The van der Waals surface area contributed by atoms with Crippen LogP contribution in [0, 0.1) is 16.2 Å². The van der Waals surface area contributed by atoms with Gasteiger partial charge in [0.05, 0.1) is 16.8 Å². The molecule has 0 aliphatic carbocycles. The van der Waals surface area contributed by atoms with Gasteiger partial charge in [0.15, 0.2) is 17.3 Å². The third-order valence-corrected chi connectivity index (χ3v) is 14.2. The Morgan fingerprint density at radius 3 is 1.49 bits per heavy atom. The second-order valence-corrected chi connectivity index (χ2v) is 24.2. The molecule has 7 aromatic carbocycles. The molecule has 3 aromatic heterocycles. The van der Waals surface area contributed by atoms with E-state index in [-0.39, 0.29) is 48.3 Å². The molecule has 10 rings (SSSR count). The van der Waals surface area contributed by atoms with Crippen LogP contribution in [-0.4, -0.2) is 68.3 Å². The lowest BCUT2D eigenvalue weighted by atomic mass is 9.86. The number of nitrogens with one attached hydrogen (secondary N) is 5. The molecule has 84 heavy (non-hydrogen) atoms. The van der Waals surface area contributed by atoms with Crippen molar-refractivity contribution in [1.82, 2.24) is 15.0 Å². The largest absolute Gasteiger partial charge is 0.491 e. The summed E-state index contributed by atoms with van der Waals surface area (Å²) in [4.78, 5) is 85.7. The number of aromatic amines is 2. The molecule has 0 unspecified atom stereocenters. The summed E-state index contributed by atoms with van der Waals surface area (Å²) >= 11 is 1.55. The van der Waals surface area contributed by atoms with Gasteiger partial charge >= 0.3 is 0 Å². The van der Waals surface area contributed by atoms with Crippen LogP contribution in [-0.2, 0) is 0 Å². The fourth-order valence-electron chi connectivity index (χ4n) is 8.66. The first-order chi connectivity index (χ1) is 39.7. The monoisotopic (exact) mass is 1140 g/mol. The minimum Gasteiger partial charge on any atom is -0.491 e. The van der Waals surface area contributed by atoms with Crippen molar-refractivity contribution >= 4 is 107 Å². The van der Waals surface area contributed by atoms with Crippen molar-refractivity contribution in [3.63, 3.8) is 0 Å². The number of Topliss-reactive ketones (excluding diaryl/α,β-unsaturated/α-hetero) is 3. The van der Waals surface area contributed by atoms with Crippen LogP contribution in [0.2, 0.25) is 0 Å². The van der Waals surface area contributed by atoms with E-state index >= 15 is 0 Å². The number of ketones is 3. The maximum absolute atomic E-state index is 12.6. The van der Waals surface area contributed by atoms with E-state index < -0.39 is 16.2 Å². The van der Waals surface area contributed by atoms with Gasteiger partial charge in [-0.2, -0.15) is 0 Å². The minimum atomic E-state index is -0.465. The molecule has 3 amide bonds. The first kappa shape index (κ1) is 60.4. The molecule has 0 spiro atoms. The predicted molar refractivity (Wildman–Crippen MR) is 338 cm³/mol. The summed E-state index contributed by atoms with van der Waals surface area (Å²) in [6, 6.07) is 48.3. The molecule has 0 bridgehead atoms. The molecule has 0 atom stereocenters. The van der Waals surface area contributed by atoms with Crippen LogP contribution in [0.15, 0.2) is 164 Å². The van der Waals surface area contributed by atoms with E-state index in [0.717, 1.165) is 42.6 Å². The highest BCUT2D eigenvalue weighted by Crippen LogP contribution is 2.34. The van der Waals surface area contributed by atoms with Gasteiger partial charge in [0.25, 0.3) is 17.7 Å². The highest BCUT2D eigenvalue weighted by molar-refractivity contribution is 7.21. The summed E-state index contributed by atoms with van der Waals surface area (Å²) in [5.74, 6) is 0.0653. The summed E-state index contributed by atoms with van der Waals surface area (Å²) in [5.41, 5.74) is 19.9. The molecule has 10 N–H and O–H groups in total. The highest BCUT2D eigenvalue weighted by Gasteiger charge is 2.26. The summed E-state index contributed by atoms with van der Waals surface area (Å²) in [6.45, 7) is 17.2. The van der Waals surface area contributed by atoms with Gasteiger partial charge in [-0.3, -0.25) is 28.8 Å². The number of thiazole rings is 1. The number of amides is 3. The smallest absolute Gasteiger partial charge is 0.272 e. The molecule has 10 aromatic rings. The number of H-pyrrole nitrogens is 2. The van der Waals surface area contributed by atoms with E-state index in [1.54, 1.807) is 114 Å². The van der Waals surface area contributed by atoms with E-state index in [2.05, 4.69) is 25.9 Å². The number of nitrogens with two attached hydrogens (primary N) is 2. The van der Waals surface area contributed by atoms with Gasteiger partial charge in [0, 0.05) is 100 Å². The fourth-order valence-corrected chi connectivity index (χ4v) is 9.67. The minimum absolute atomic E-state index is 0.0568. The zero-order chi connectivity index (χ0) is 60.7. The number of aliphatic hydroxyl groups is 1. The number of fused-ring (bicyclic) bond motifs is 3. The SMILES string of the molecule is CC(C)(C)C(=O)c1ccc2[nH]c(C(=O)Nc3cccc(N)c3)cc2c1.CC(C)(C)C(=O)c1ccc2[nH]c(C(=O)Nc3cccc(OCCO)c3)cc2c1.CC(C)(C)C(=O)c1ccc2nc(-c3ccc(NC(=O)c4ccc(N)cc4)cc3)sc2c1. The maximum Gasteiger partial charge on any atom is 0.272 e. The first-order valence-corrected chi connectivity index (χ1v) is 27.9. The van der Waals surface area contributed by atoms with Gasteiger partial charge in [0.1, 0.15) is 28.8 Å². The van der Waals surface area contributed by atoms with E-state index in [9.17, 15) is 28.8 Å². The first-order valence-electron chi connectivity index (χ1n) is 27.1. The zero-order valence-corrected chi connectivity index (χ0v) is 49.1. The van der Waals surface area contributed by atoms with Crippen LogP contribution in [0.4, 0.5) is 28.4 Å². The Balaban J connectivity index is 0.000000165. The molecule has 16 nitrogen and oxygen atoms in total. The molecule has 430 valence electrons. The molecule has 0 fully saturated rings. The number of aromatic nitrogens is 3. The van der Waals surface area contributed by atoms with Crippen LogP contribution >= 0.6 is 11.3 Å². The van der Waals surface area contributed by atoms with Gasteiger partial charge in [0.2, 0.25) is 0 Å². The number of carbonyl (C=O) groups excluding carboxylic acids is 6. The normalized spacial score (nSPS) is 11.5. The summed E-state index contributed by atoms with van der Waals surface area (Å²) in [6.07, 6.45) is 0. The molecule has 0 aliphatic rings. The lowest BCUT2D eigenvalue weighted by molar-refractivity contribution is 0.0852. The number of nitrogens with zero attached hydrogens (tertiary/aromatic N) is 1. The number of aliphatic hydroxyl groups excluding tert-OH is 1. The van der Waals surface area contributed by atoms with Crippen LogP contribution < -0.4 is 32.2 Å². The number of carbonyl (C=O) groups is 6. The molecule has 0 radical (unpaired) electrons. The second kappa shape index (κ2) is 25.2. The Morgan fingerprint density at radius 2 is 0.976 bits per heavy atom. The number of rotatable bonds is 13. The number of hydrogen-bond acceptors (Lipinski definition) is 12. The van der Waals surface area contributed by atoms with Gasteiger partial charge in [-0.1, -0.05) is 74.4 Å². The van der Waals surface area contributed by atoms with Crippen LogP contribution in [0.25, 0.3) is 42.6 Å². The van der Waals surface area contributed by atoms with Gasteiger partial charge < -0.3 is 47.2 Å². The number of hydrogen-bond donors (Lipinski definition) is 8. The van der Waals surface area contributed by atoms with E-state index in [0.29, 0.717) is 67.8 Å². The zero-order valence-electron chi connectivity index (χ0n) is 48.3. The van der Waals surface area contributed by atoms with Crippen molar-refractivity contribution in [2.45, 2.75) is 62.3 Å². The number of benzene rings is 7. The second-order valence-electron chi connectivity index (χ2n) is 23.2. The third kappa shape index (κ3) is 15.2. The van der Waals surface area contributed by atoms with Crippen LogP contribution in [0.5, 0.6) is 5.75 Å². The number of ether oxygens (including phenoxy) is 1. The van der Waals surface area contributed by atoms with E-state index in [1.165, 1.54) is 0 Å². The summed E-state index contributed by atoms with van der Waals surface area (Å²) < 4.78 is 6.33. The number of anilines is 5. The molecule has 17 heteroatoms. The van der Waals surface area contributed by atoms with Crippen molar-refractivity contribution in [2.75, 3.05) is 40.6 Å². The standard InChI is InChI=1S/C25H23N3O2S.C22H24N2O4.C20H21N3O2/c1-25(2,3)22(29)17-8-13-20-21(14-17)31-24(28-20)16-6-11-19(12-7-16)27-23(30)15-4-9-18(26)10-5-15;1-22(2,3)20(26)14-7-8-18-15(11-14)12-19(24-18)21(27)23-16-5-4-6-17(13-16)28-10-9-25;1-20(2,3)18(24)12-7-8-16-13(9-12)10-17(23-16)19(25)22-15-6-4-5-14(21)11-15/h4-14H,26H2,1-3H3,(H,27,30);4-8,11-13,24-25H,9-10H2,1-3H3,(H,23,27);4-11,23H,21H2,1-3H3,(H,22,25). The van der Waals surface area contributed by atoms with Crippen molar-refractivity contribution in [1.29, 1.82) is 0 Å². The Labute approximate surface area is 491 Å². The Kier molecular flexibility index (Phi) is 18.1. The van der Waals surface area contributed by atoms with E-state index in [4.69, 9.17) is 26.3 Å². The highest BCUT2D eigenvalue weighted by atomic mass is 32.1. The average Bonchev–Trinajstić information content (AvgIpc) is 4.25. The number of nitrogen functional groups attached to an aromatic ring is 2. The molecular weight excluding hydrogens is 1080 g/mol. The van der Waals surface area contributed by atoms with Gasteiger partial charge in [-0.15, -0.1) is 11.3 Å². The van der Waals surface area contributed by atoms with Crippen LogP contribution in [0.3, 0.4) is 0 Å². The third-order valence-electron chi connectivity index (χ3n) is 13.1. The quantitative estimate of drug-likeness (QED) is 0.0397. The summed E-state index contributed by atoms with van der Waals surface area (Å²) in [5, 5.41) is 19.8. The predicted octanol–water partition coefficient (Wildman–Crippen LogP) is 14.3. The molecular formula is C67H68N8O8S. The van der Waals surface area contributed by atoms with Crippen LogP contribution in [0.1, 0.15) is 125 Å². The van der Waals surface area contributed by atoms with Crippen molar-refractivity contribution in [3.8, 4) is 16.3 Å². The van der Waals surface area contributed by atoms with Crippen molar-refractivity contribution < 1.29 is 38.6 Å². The Bertz CT molecular complexity index is 4080. The average molecular weight is 1150 g/mol. The molecule has 0 saturated carbocycles. The lowest BCUT2D eigenvalue weighted by Gasteiger charge is -2.16. The maximum atomic E-state index is 12.6. The fraction of sp³-hybridized carbons (Fsp3) is 0.209. The lowest BCUT2D eigenvalue weighted by Crippen LogP contribution is -2.19.